The molecule has 39 heavy (non-hydrogen) atoms. The van der Waals surface area contributed by atoms with Crippen LogP contribution in [0.15, 0.2) is 82.0 Å². The summed E-state index contributed by atoms with van der Waals surface area (Å²) in [5, 5.41) is 2.82. The number of hydrogen-bond acceptors (Lipinski definition) is 7. The van der Waals surface area contributed by atoms with Crippen molar-refractivity contribution in [1.29, 1.82) is 0 Å². The third kappa shape index (κ3) is 5.97. The third-order valence-electron chi connectivity index (χ3n) is 7.60. The molecule has 8 heteroatoms. The molecule has 0 radical (unpaired) electrons. The molecule has 1 fully saturated rings. The van der Waals surface area contributed by atoms with Crippen molar-refractivity contribution in [2.75, 3.05) is 39.8 Å². The molecule has 204 valence electrons. The molecule has 2 aromatic rings. The van der Waals surface area contributed by atoms with Crippen molar-refractivity contribution in [3.8, 4) is 0 Å². The first-order valence-electron chi connectivity index (χ1n) is 13.6. The molecule has 1 atom stereocenters. The van der Waals surface area contributed by atoms with E-state index < -0.39 is 0 Å². The van der Waals surface area contributed by atoms with Gasteiger partial charge < -0.3 is 14.5 Å². The van der Waals surface area contributed by atoms with E-state index in [0.717, 1.165) is 66.8 Å². The maximum atomic E-state index is 13.5. The number of amides is 1. The number of hydrogen-bond donors (Lipinski definition) is 0. The van der Waals surface area contributed by atoms with Gasteiger partial charge in [0.05, 0.1) is 30.8 Å². The minimum absolute atomic E-state index is 0.110. The first-order valence-corrected chi connectivity index (χ1v) is 14.5. The molecule has 5 rings (SSSR count). The lowest BCUT2D eigenvalue weighted by Gasteiger charge is -2.38. The predicted octanol–water partition coefficient (Wildman–Crippen LogP) is 4.91. The lowest BCUT2D eigenvalue weighted by Crippen LogP contribution is -2.49. The number of nitrogens with zero attached hydrogens (tertiary/aromatic N) is 4. The topological polar surface area (TPSA) is 65.5 Å². The Bertz CT molecular complexity index is 1310. The average Bonchev–Trinajstić information content (AvgIpc) is 3.37. The zero-order valence-electron chi connectivity index (χ0n) is 22.9. The van der Waals surface area contributed by atoms with Crippen LogP contribution in [-0.4, -0.2) is 71.6 Å². The second-order valence-electron chi connectivity index (χ2n) is 10.1. The molecule has 0 aliphatic carbocycles. The summed E-state index contributed by atoms with van der Waals surface area (Å²) in [7, 11) is 1.41. The summed E-state index contributed by atoms with van der Waals surface area (Å²) in [5.41, 5.74) is 5.59. The molecule has 0 aromatic heterocycles. The smallest absolute Gasteiger partial charge is 0.338 e. The highest BCUT2D eigenvalue weighted by molar-refractivity contribution is 8.16. The van der Waals surface area contributed by atoms with Gasteiger partial charge in [0.1, 0.15) is 0 Å². The van der Waals surface area contributed by atoms with E-state index in [1.165, 1.54) is 24.4 Å². The monoisotopic (exact) mass is 544 g/mol. The number of fused-ring (bicyclic) bond motifs is 1. The van der Waals surface area contributed by atoms with Crippen molar-refractivity contribution in [2.24, 2.45) is 4.99 Å². The fraction of sp³-hybridized carbons (Fsp3) is 0.387. The third-order valence-corrected chi connectivity index (χ3v) is 8.49. The molecule has 0 spiro atoms. The zero-order valence-corrected chi connectivity index (χ0v) is 23.7. The summed E-state index contributed by atoms with van der Waals surface area (Å²) in [6.07, 6.45) is 1.91. The second-order valence-corrected chi connectivity index (χ2v) is 11.0. The van der Waals surface area contributed by atoms with Crippen LogP contribution in [0.3, 0.4) is 0 Å². The van der Waals surface area contributed by atoms with Crippen LogP contribution in [-0.2, 0) is 20.7 Å². The maximum absolute atomic E-state index is 13.5. The molecule has 0 N–H and O–H groups in total. The van der Waals surface area contributed by atoms with E-state index in [1.54, 1.807) is 0 Å². The Morgan fingerprint density at radius 3 is 2.51 bits per heavy atom. The minimum Gasteiger partial charge on any atom is -0.466 e. The fourth-order valence-electron chi connectivity index (χ4n) is 5.49. The van der Waals surface area contributed by atoms with Gasteiger partial charge in [0.2, 0.25) is 5.91 Å². The van der Waals surface area contributed by atoms with E-state index in [9.17, 15) is 9.59 Å². The summed E-state index contributed by atoms with van der Waals surface area (Å²) in [6.45, 7) is 8.26. The minimum atomic E-state index is -0.385. The standard InChI is InChI=1S/C31H36N4O3S/c1-4-26-28(30(37)38-3)29(24-12-8-9-22(2)19-24)35-25(21-39-31(35)32-26)20-27(36)34-17-15-33(16-18-34)14-13-23-10-6-5-7-11-23/h5-12,19,21,29H,4,13-18,20H2,1-3H3/t29-/m0/s1. The van der Waals surface area contributed by atoms with Gasteiger partial charge in [-0.3, -0.25) is 9.69 Å². The number of rotatable bonds is 8. The number of piperazine rings is 1. The number of allylic oxidation sites excluding steroid dienone is 1. The number of aliphatic imine (C=N–C) groups is 1. The van der Waals surface area contributed by atoms with Gasteiger partial charge in [0, 0.05) is 38.4 Å². The molecule has 3 aliphatic heterocycles. The first kappa shape index (κ1) is 27.2. The summed E-state index contributed by atoms with van der Waals surface area (Å²) in [4.78, 5) is 37.9. The SMILES string of the molecule is CCC1=C(C(=O)OC)[C@H](c2cccc(C)c2)N2C(CC(=O)N3CCN(CCc4ccccc4)CC3)=CSC2=N1. The highest BCUT2D eigenvalue weighted by atomic mass is 32.2. The van der Waals surface area contributed by atoms with E-state index in [2.05, 4.69) is 40.1 Å². The largest absolute Gasteiger partial charge is 0.466 e. The van der Waals surface area contributed by atoms with E-state index in [0.29, 0.717) is 12.0 Å². The molecular weight excluding hydrogens is 508 g/mol. The zero-order chi connectivity index (χ0) is 27.4. The molecule has 7 nitrogen and oxygen atoms in total. The molecule has 1 saturated heterocycles. The molecule has 3 heterocycles. The number of methoxy groups -OCH3 is 1. The molecule has 2 aromatic carbocycles. The van der Waals surface area contributed by atoms with Gasteiger partial charge in [-0.1, -0.05) is 78.8 Å². The highest BCUT2D eigenvalue weighted by Gasteiger charge is 2.41. The normalized spacial score (nSPS) is 19.5. The summed E-state index contributed by atoms with van der Waals surface area (Å²) in [6, 6.07) is 18.3. The van der Waals surface area contributed by atoms with Gasteiger partial charge >= 0.3 is 5.97 Å². The van der Waals surface area contributed by atoms with E-state index >= 15 is 0 Å². The lowest BCUT2D eigenvalue weighted by molar-refractivity contribution is -0.136. The van der Waals surface area contributed by atoms with Crippen LogP contribution in [0.4, 0.5) is 0 Å². The molecule has 3 aliphatic rings. The van der Waals surface area contributed by atoms with E-state index in [4.69, 9.17) is 9.73 Å². The Morgan fingerprint density at radius 2 is 1.82 bits per heavy atom. The predicted molar refractivity (Wildman–Crippen MR) is 156 cm³/mol. The number of ether oxygens (including phenoxy) is 1. The van der Waals surface area contributed by atoms with E-state index in [1.807, 2.05) is 48.4 Å². The second kappa shape index (κ2) is 12.2. The number of carbonyl (C=O) groups excluding carboxylic acids is 2. The molecule has 1 amide bonds. The number of amidine groups is 1. The molecule has 0 unspecified atom stereocenters. The number of esters is 1. The number of thioether (sulfide) groups is 1. The van der Waals surface area contributed by atoms with Crippen LogP contribution < -0.4 is 0 Å². The van der Waals surface area contributed by atoms with Crippen LogP contribution in [0.1, 0.15) is 42.5 Å². The summed E-state index contributed by atoms with van der Waals surface area (Å²) >= 11 is 1.52. The van der Waals surface area contributed by atoms with Gasteiger partial charge in [0.25, 0.3) is 0 Å². The van der Waals surface area contributed by atoms with Crippen molar-refractivity contribution in [3.63, 3.8) is 0 Å². The fourth-order valence-corrected chi connectivity index (χ4v) is 6.42. The van der Waals surface area contributed by atoms with Gasteiger partial charge in [-0.05, 0) is 36.3 Å². The molecule has 0 bridgehead atoms. The maximum Gasteiger partial charge on any atom is 0.338 e. The Kier molecular flexibility index (Phi) is 8.53. The highest BCUT2D eigenvalue weighted by Crippen LogP contribution is 2.45. The lowest BCUT2D eigenvalue weighted by atomic mass is 9.92. The van der Waals surface area contributed by atoms with Crippen molar-refractivity contribution < 1.29 is 14.3 Å². The summed E-state index contributed by atoms with van der Waals surface area (Å²) in [5.74, 6) is -0.269. The Labute approximate surface area is 235 Å². The molecule has 0 saturated carbocycles. The van der Waals surface area contributed by atoms with Crippen molar-refractivity contribution in [1.82, 2.24) is 14.7 Å². The molecular formula is C31H36N4O3S. The van der Waals surface area contributed by atoms with Gasteiger partial charge in [-0.25, -0.2) is 9.79 Å². The van der Waals surface area contributed by atoms with Crippen molar-refractivity contribution in [3.05, 3.63) is 93.7 Å². The summed E-state index contributed by atoms with van der Waals surface area (Å²) < 4.78 is 5.22. The van der Waals surface area contributed by atoms with Crippen molar-refractivity contribution in [2.45, 2.75) is 39.2 Å². The van der Waals surface area contributed by atoms with Gasteiger partial charge in [-0.15, -0.1) is 0 Å². The van der Waals surface area contributed by atoms with E-state index in [-0.39, 0.29) is 24.3 Å². The van der Waals surface area contributed by atoms with Crippen LogP contribution in [0.2, 0.25) is 0 Å². The number of carbonyl (C=O) groups is 2. The van der Waals surface area contributed by atoms with Crippen LogP contribution in [0, 0.1) is 6.92 Å². The quantitative estimate of drug-likeness (QED) is 0.440. The van der Waals surface area contributed by atoms with Gasteiger partial charge in [-0.2, -0.15) is 0 Å². The first-order chi connectivity index (χ1) is 19.0. The Balaban J connectivity index is 1.29. The van der Waals surface area contributed by atoms with Crippen LogP contribution in [0.25, 0.3) is 0 Å². The Morgan fingerprint density at radius 1 is 1.05 bits per heavy atom. The van der Waals surface area contributed by atoms with Crippen LogP contribution in [0.5, 0.6) is 0 Å². The van der Waals surface area contributed by atoms with Crippen molar-refractivity contribution >= 4 is 28.8 Å². The van der Waals surface area contributed by atoms with Crippen LogP contribution >= 0.6 is 11.8 Å². The number of benzene rings is 2. The average molecular weight is 545 g/mol. The number of aryl methyl sites for hydroxylation is 1. The Hall–Kier alpha value is -3.36. The van der Waals surface area contributed by atoms with Gasteiger partial charge in [0.15, 0.2) is 5.17 Å².